The minimum atomic E-state index is -0.791. The quantitative estimate of drug-likeness (QED) is 0.830. The fraction of sp³-hybridized carbons (Fsp3) is 0.733. The normalized spacial score (nSPS) is 33.5. The molecular weight excluding hydrogens is 258 g/mol. The molecule has 2 aliphatic heterocycles. The summed E-state index contributed by atoms with van der Waals surface area (Å²) in [4.78, 5) is 26.1. The number of ether oxygens (including phenoxy) is 1. The summed E-state index contributed by atoms with van der Waals surface area (Å²) < 4.78 is 5.42. The topological polar surface area (TPSA) is 66.8 Å². The van der Waals surface area contributed by atoms with E-state index in [1.165, 1.54) is 5.57 Å². The molecule has 2 heterocycles. The molecule has 110 valence electrons. The average Bonchev–Trinajstić information content (AvgIpc) is 3.01. The maximum Gasteiger partial charge on any atom is 0.311 e. The van der Waals surface area contributed by atoms with Gasteiger partial charge in [0, 0.05) is 31.2 Å². The molecule has 0 radical (unpaired) electrons. The van der Waals surface area contributed by atoms with Crippen molar-refractivity contribution < 1.29 is 19.4 Å². The van der Waals surface area contributed by atoms with Crippen LogP contribution in [0, 0.1) is 11.3 Å². The molecule has 0 unspecified atom stereocenters. The molecule has 0 bridgehead atoms. The van der Waals surface area contributed by atoms with Crippen LogP contribution in [0.1, 0.15) is 32.6 Å². The maximum atomic E-state index is 12.6. The second-order valence-corrected chi connectivity index (χ2v) is 6.28. The number of nitrogens with zero attached hydrogens (tertiary/aromatic N) is 1. The Morgan fingerprint density at radius 2 is 2.20 bits per heavy atom. The van der Waals surface area contributed by atoms with Crippen LogP contribution in [0.5, 0.6) is 0 Å². The van der Waals surface area contributed by atoms with Gasteiger partial charge in [-0.05, 0) is 32.6 Å². The minimum Gasteiger partial charge on any atom is -0.481 e. The zero-order chi connectivity index (χ0) is 14.3. The van der Waals surface area contributed by atoms with Crippen LogP contribution in [0.4, 0.5) is 0 Å². The van der Waals surface area contributed by atoms with E-state index in [1.807, 2.05) is 6.92 Å². The molecule has 1 aliphatic carbocycles. The summed E-state index contributed by atoms with van der Waals surface area (Å²) in [6, 6.07) is 0. The van der Waals surface area contributed by atoms with Crippen LogP contribution in [0.25, 0.3) is 0 Å². The zero-order valence-corrected chi connectivity index (χ0v) is 11.9. The number of carboxylic acids is 1. The van der Waals surface area contributed by atoms with Gasteiger partial charge in [-0.1, -0.05) is 5.57 Å². The van der Waals surface area contributed by atoms with Crippen molar-refractivity contribution in [2.75, 3.05) is 26.3 Å². The second kappa shape index (κ2) is 4.88. The molecule has 3 aliphatic rings. The van der Waals surface area contributed by atoms with Crippen molar-refractivity contribution in [3.8, 4) is 0 Å². The van der Waals surface area contributed by atoms with E-state index < -0.39 is 11.4 Å². The van der Waals surface area contributed by atoms with E-state index in [0.717, 1.165) is 24.8 Å². The average molecular weight is 279 g/mol. The number of fused-ring (bicyclic) bond motifs is 1. The van der Waals surface area contributed by atoms with Crippen LogP contribution >= 0.6 is 0 Å². The van der Waals surface area contributed by atoms with Crippen molar-refractivity contribution in [3.05, 3.63) is 11.1 Å². The smallest absolute Gasteiger partial charge is 0.311 e. The number of rotatable bonds is 2. The van der Waals surface area contributed by atoms with Crippen LogP contribution in [0.2, 0.25) is 0 Å². The van der Waals surface area contributed by atoms with Gasteiger partial charge in [-0.2, -0.15) is 0 Å². The van der Waals surface area contributed by atoms with Gasteiger partial charge in [-0.3, -0.25) is 9.59 Å². The molecule has 0 aromatic heterocycles. The Balaban J connectivity index is 1.82. The molecule has 1 amide bonds. The fourth-order valence-corrected chi connectivity index (χ4v) is 3.83. The van der Waals surface area contributed by atoms with Crippen LogP contribution in [-0.4, -0.2) is 48.2 Å². The number of aliphatic carboxylic acids is 1. The van der Waals surface area contributed by atoms with E-state index in [0.29, 0.717) is 32.7 Å². The van der Waals surface area contributed by atoms with Crippen molar-refractivity contribution in [3.63, 3.8) is 0 Å². The number of likely N-dealkylation sites (tertiary alicyclic amines) is 1. The van der Waals surface area contributed by atoms with E-state index in [4.69, 9.17) is 4.74 Å². The number of carbonyl (C=O) groups excluding carboxylic acids is 1. The molecule has 1 N–H and O–H groups in total. The number of hydrogen-bond acceptors (Lipinski definition) is 3. The van der Waals surface area contributed by atoms with E-state index in [-0.39, 0.29) is 11.8 Å². The summed E-state index contributed by atoms with van der Waals surface area (Å²) in [5.41, 5.74) is 1.29. The van der Waals surface area contributed by atoms with Crippen molar-refractivity contribution in [2.24, 2.45) is 11.3 Å². The summed E-state index contributed by atoms with van der Waals surface area (Å²) in [7, 11) is 0. The first-order valence-electron chi connectivity index (χ1n) is 7.33. The molecule has 5 nitrogen and oxygen atoms in total. The largest absolute Gasteiger partial charge is 0.481 e. The highest BCUT2D eigenvalue weighted by Crippen LogP contribution is 2.43. The van der Waals surface area contributed by atoms with Crippen molar-refractivity contribution >= 4 is 11.9 Å². The molecular formula is C15H21NO4. The third-order valence-corrected chi connectivity index (χ3v) is 5.17. The lowest BCUT2D eigenvalue weighted by atomic mass is 9.74. The Hall–Kier alpha value is -1.36. The van der Waals surface area contributed by atoms with Gasteiger partial charge in [0.1, 0.15) is 0 Å². The molecule has 5 heteroatoms. The third kappa shape index (κ3) is 1.95. The van der Waals surface area contributed by atoms with Crippen molar-refractivity contribution in [2.45, 2.75) is 32.6 Å². The highest BCUT2D eigenvalue weighted by molar-refractivity contribution is 5.95. The number of amides is 1. The van der Waals surface area contributed by atoms with Gasteiger partial charge in [0.25, 0.3) is 0 Å². The number of carbonyl (C=O) groups is 2. The first-order valence-corrected chi connectivity index (χ1v) is 7.33. The van der Waals surface area contributed by atoms with Gasteiger partial charge in [0.2, 0.25) is 5.91 Å². The Labute approximate surface area is 118 Å². The van der Waals surface area contributed by atoms with Gasteiger partial charge in [0.05, 0.1) is 12.0 Å². The molecule has 3 rings (SSSR count). The molecule has 2 atom stereocenters. The summed E-state index contributed by atoms with van der Waals surface area (Å²) in [6.45, 7) is 3.80. The number of hydrogen-bond donors (Lipinski definition) is 1. The molecule has 0 aromatic carbocycles. The maximum absolute atomic E-state index is 12.6. The lowest BCUT2D eigenvalue weighted by Gasteiger charge is -2.33. The molecule has 2 fully saturated rings. The fourth-order valence-electron chi connectivity index (χ4n) is 3.83. The highest BCUT2D eigenvalue weighted by atomic mass is 16.5. The predicted molar refractivity (Wildman–Crippen MR) is 72.1 cm³/mol. The molecule has 0 aromatic rings. The Morgan fingerprint density at radius 1 is 1.40 bits per heavy atom. The van der Waals surface area contributed by atoms with Crippen LogP contribution < -0.4 is 0 Å². The summed E-state index contributed by atoms with van der Waals surface area (Å²) in [5.74, 6) is -0.798. The Kier molecular flexibility index (Phi) is 3.32. The van der Waals surface area contributed by atoms with Crippen LogP contribution in [0.15, 0.2) is 11.1 Å². The van der Waals surface area contributed by atoms with E-state index in [1.54, 1.807) is 4.90 Å². The Morgan fingerprint density at radius 3 is 2.80 bits per heavy atom. The minimum absolute atomic E-state index is 0.0509. The highest BCUT2D eigenvalue weighted by Gasteiger charge is 2.55. The second-order valence-electron chi connectivity index (χ2n) is 6.28. The molecule has 0 saturated carbocycles. The monoisotopic (exact) mass is 279 g/mol. The first-order chi connectivity index (χ1) is 9.54. The lowest BCUT2D eigenvalue weighted by molar-refractivity contribution is -0.157. The molecule has 20 heavy (non-hydrogen) atoms. The Bertz CT molecular complexity index is 484. The molecule has 2 saturated heterocycles. The first kappa shape index (κ1) is 13.6. The SMILES string of the molecule is CC1=C(C(=O)N2C[C@H]3COCC[C@@]3(C(=O)O)C2)CCC1. The van der Waals surface area contributed by atoms with Gasteiger partial charge < -0.3 is 14.7 Å². The van der Waals surface area contributed by atoms with Crippen molar-refractivity contribution in [1.82, 2.24) is 4.90 Å². The van der Waals surface area contributed by atoms with E-state index >= 15 is 0 Å². The van der Waals surface area contributed by atoms with Gasteiger partial charge in [0.15, 0.2) is 0 Å². The number of allylic oxidation sites excluding steroid dienone is 1. The zero-order valence-electron chi connectivity index (χ0n) is 11.9. The van der Waals surface area contributed by atoms with Gasteiger partial charge in [-0.25, -0.2) is 0 Å². The lowest BCUT2D eigenvalue weighted by Crippen LogP contribution is -2.45. The van der Waals surface area contributed by atoms with Crippen LogP contribution in [-0.2, 0) is 14.3 Å². The van der Waals surface area contributed by atoms with Crippen molar-refractivity contribution in [1.29, 1.82) is 0 Å². The summed E-state index contributed by atoms with van der Waals surface area (Å²) in [5, 5.41) is 9.61. The molecule has 0 spiro atoms. The summed E-state index contributed by atoms with van der Waals surface area (Å²) in [6.07, 6.45) is 3.38. The van der Waals surface area contributed by atoms with Gasteiger partial charge >= 0.3 is 5.97 Å². The number of carboxylic acid groups (broad SMARTS) is 1. The van der Waals surface area contributed by atoms with E-state index in [9.17, 15) is 14.7 Å². The van der Waals surface area contributed by atoms with Crippen LogP contribution in [0.3, 0.4) is 0 Å². The van der Waals surface area contributed by atoms with E-state index in [2.05, 4.69) is 0 Å². The standard InChI is InChI=1S/C15H21NO4/c1-10-3-2-4-12(10)13(17)16-7-11-8-20-6-5-15(11,9-16)14(18)19/h11H,2-9H2,1H3,(H,18,19)/t11-,15+/m0/s1. The predicted octanol–water partition coefficient (Wildman–Crippen LogP) is 1.44. The summed E-state index contributed by atoms with van der Waals surface area (Å²) >= 11 is 0. The third-order valence-electron chi connectivity index (χ3n) is 5.17. The van der Waals surface area contributed by atoms with Gasteiger partial charge in [-0.15, -0.1) is 0 Å².